The standard InChI is InChI=1S/C55H90N4P2.C31H44N4/c1-40(2)48-34-24-35-49(41(3)4)52(48)58-54(60(44-26-14-9-15-27-44)45-28-16-10-17-29-45)56-38-22-13-23-39-57-55(59-53-50(42(5)6)36-25-37-51(53)43(7)8)61(46-30-18-11-19-31-46)47-32-20-12-21-33-47;1-22(2)26-14-12-15-27(23(3)4)30(26)34-20-32-18-10-9-11-19-33-21-35-31-28(24(5)6)16-13-17-29(31)25(7)8/h24-25,34-37,40-47H,9-23,26-33,38-39H2,1-8H3,(H,56,58)(H,57,59);12-17,22-25H,9-11,18-19H2,1-8H3. The molecule has 96 heavy (non-hydrogen) atoms. The molecule has 4 aliphatic rings. The summed E-state index contributed by atoms with van der Waals surface area (Å²) in [5.74, 6) is 3.61. The Morgan fingerprint density at radius 3 is 0.792 bits per heavy atom. The Labute approximate surface area is 590 Å². The van der Waals surface area contributed by atoms with Gasteiger partial charge in [0.15, 0.2) is 0 Å². The fraction of sp³-hybridized carbons (Fsp3) is 0.674. The zero-order valence-corrected chi connectivity index (χ0v) is 65.4. The number of nitrogens with zero attached hydrogens (tertiary/aromatic N) is 6. The second kappa shape index (κ2) is 41.9. The number of benzene rings is 4. The maximum absolute atomic E-state index is 5.75. The van der Waals surface area contributed by atoms with E-state index in [-0.39, 0.29) is 15.8 Å². The van der Waals surface area contributed by atoms with Gasteiger partial charge < -0.3 is 10.6 Å². The van der Waals surface area contributed by atoms with Crippen molar-refractivity contribution in [2.75, 3.05) is 36.8 Å². The van der Waals surface area contributed by atoms with Crippen LogP contribution in [0, 0.1) is 0 Å². The zero-order chi connectivity index (χ0) is 68.9. The largest absolute Gasteiger partial charge is 0.340 e. The summed E-state index contributed by atoms with van der Waals surface area (Å²) in [7, 11) is -0.666. The third kappa shape index (κ3) is 23.8. The number of rotatable bonds is 30. The average Bonchev–Trinajstić information content (AvgIpc) is 0.815. The fourth-order valence-electron chi connectivity index (χ4n) is 15.6. The lowest BCUT2D eigenvalue weighted by atomic mass is 9.93. The van der Waals surface area contributed by atoms with E-state index in [2.05, 4.69) is 226 Å². The lowest BCUT2D eigenvalue weighted by Gasteiger charge is -2.39. The summed E-state index contributed by atoms with van der Waals surface area (Å²) in [6.45, 7) is 39.9. The maximum atomic E-state index is 5.75. The molecule has 8 rings (SSSR count). The molecule has 0 aromatic heterocycles. The minimum Gasteiger partial charge on any atom is -0.340 e. The van der Waals surface area contributed by atoms with Gasteiger partial charge in [0.1, 0.15) is 11.2 Å². The van der Waals surface area contributed by atoms with Crippen molar-refractivity contribution >= 4 is 61.8 Å². The highest BCUT2D eigenvalue weighted by Gasteiger charge is 2.37. The molecule has 2 N–H and O–H groups in total. The van der Waals surface area contributed by atoms with Crippen molar-refractivity contribution in [2.24, 2.45) is 30.0 Å². The third-order valence-electron chi connectivity index (χ3n) is 21.1. The van der Waals surface area contributed by atoms with E-state index >= 15 is 0 Å². The molecule has 0 radical (unpaired) electrons. The van der Waals surface area contributed by atoms with Gasteiger partial charge in [-0.2, -0.15) is 9.98 Å². The van der Waals surface area contributed by atoms with E-state index in [1.54, 1.807) is 0 Å². The van der Waals surface area contributed by atoms with Crippen LogP contribution in [0.25, 0.3) is 0 Å². The van der Waals surface area contributed by atoms with Crippen molar-refractivity contribution in [3.8, 4) is 0 Å². The molecule has 0 amide bonds. The van der Waals surface area contributed by atoms with Crippen LogP contribution in [-0.4, -0.2) is 72.0 Å². The van der Waals surface area contributed by atoms with Crippen LogP contribution < -0.4 is 10.6 Å². The second-order valence-corrected chi connectivity index (χ2v) is 36.8. The first-order chi connectivity index (χ1) is 46.4. The molecule has 0 heterocycles. The van der Waals surface area contributed by atoms with Gasteiger partial charge in [0.05, 0.1) is 23.4 Å². The predicted molar refractivity (Wildman–Crippen MR) is 428 cm³/mol. The number of anilines is 2. The van der Waals surface area contributed by atoms with Gasteiger partial charge in [-0.15, -0.1) is 0 Å². The first kappa shape index (κ1) is 78.8. The number of aliphatic imine (C=N–C) groups is 6. The molecular formula is C86H134N8P2. The van der Waals surface area contributed by atoms with Crippen molar-refractivity contribution in [3.05, 3.63) is 117 Å². The molecular weight excluding hydrogens is 1210 g/mol. The van der Waals surface area contributed by atoms with Crippen LogP contribution in [0.15, 0.2) is 103 Å². The van der Waals surface area contributed by atoms with Gasteiger partial charge in [-0.3, -0.25) is 9.98 Å². The molecule has 0 unspecified atom stereocenters. The van der Waals surface area contributed by atoms with Crippen molar-refractivity contribution in [3.63, 3.8) is 0 Å². The van der Waals surface area contributed by atoms with Crippen LogP contribution in [0.2, 0.25) is 0 Å². The van der Waals surface area contributed by atoms with Gasteiger partial charge in [-0.25, -0.2) is 9.98 Å². The summed E-state index contributed by atoms with van der Waals surface area (Å²) in [5.41, 5.74) is 21.8. The zero-order valence-electron chi connectivity index (χ0n) is 63.6. The van der Waals surface area contributed by atoms with Crippen molar-refractivity contribution < 1.29 is 0 Å². The monoisotopic (exact) mass is 1340 g/mol. The van der Waals surface area contributed by atoms with Crippen molar-refractivity contribution in [1.29, 1.82) is 0 Å². The summed E-state index contributed by atoms with van der Waals surface area (Å²) < 4.78 is 0. The summed E-state index contributed by atoms with van der Waals surface area (Å²) in [4.78, 5) is 29.6. The van der Waals surface area contributed by atoms with Crippen molar-refractivity contribution in [2.45, 2.75) is 348 Å². The summed E-state index contributed by atoms with van der Waals surface area (Å²) in [5, 5.41) is 8.53. The van der Waals surface area contributed by atoms with Gasteiger partial charge in [0.25, 0.3) is 0 Å². The van der Waals surface area contributed by atoms with Crippen LogP contribution >= 0.6 is 15.8 Å². The summed E-state index contributed by atoms with van der Waals surface area (Å²) in [6.07, 6.45) is 34.8. The summed E-state index contributed by atoms with van der Waals surface area (Å²) >= 11 is 0. The van der Waals surface area contributed by atoms with Gasteiger partial charge in [-0.1, -0.05) is 261 Å². The Kier molecular flexibility index (Phi) is 34.4. The molecule has 0 saturated heterocycles. The molecule has 4 aromatic carbocycles. The molecule has 4 saturated carbocycles. The van der Waals surface area contributed by atoms with Gasteiger partial charge in [0.2, 0.25) is 0 Å². The number of unbranched alkanes of at least 4 members (excludes halogenated alkanes) is 4. The normalized spacial score (nSPS) is 16.7. The van der Waals surface area contributed by atoms with E-state index < -0.39 is 0 Å². The van der Waals surface area contributed by atoms with Crippen LogP contribution in [0.5, 0.6) is 0 Å². The van der Waals surface area contributed by atoms with Crippen LogP contribution in [-0.2, 0) is 0 Å². The van der Waals surface area contributed by atoms with Crippen LogP contribution in [0.3, 0.4) is 0 Å². The highest BCUT2D eigenvalue weighted by atomic mass is 31.1. The molecule has 0 bridgehead atoms. The van der Waals surface area contributed by atoms with E-state index in [0.717, 1.165) is 92.3 Å². The van der Waals surface area contributed by atoms with Crippen LogP contribution in [0.4, 0.5) is 22.7 Å². The number of para-hydroxylation sites is 4. The van der Waals surface area contributed by atoms with Gasteiger partial charge >= 0.3 is 0 Å². The molecule has 0 spiro atoms. The SMILES string of the molecule is CC(C)c1cccc(C(C)C)c1N=C=NCCCCCN=C=Nc1c(C(C)C)cccc1C(C)C.CC(C)c1cccc(C(C)C)c1NC(=NCCCCCN=C(Nc1c(C(C)C)cccc1C(C)C)P(C1CCCCC1)C1CCCCC1)P(C1CCCCC1)C1CCCCC1. The van der Waals surface area contributed by atoms with Crippen molar-refractivity contribution in [1.82, 2.24) is 0 Å². The minimum absolute atomic E-state index is 0.333. The fourth-order valence-corrected chi connectivity index (χ4v) is 22.9. The van der Waals surface area contributed by atoms with Gasteiger partial charge in [-0.05, 0) is 220 Å². The predicted octanol–water partition coefficient (Wildman–Crippen LogP) is 27.5. The Morgan fingerprint density at radius 1 is 0.323 bits per heavy atom. The molecule has 4 fully saturated rings. The van der Waals surface area contributed by atoms with Gasteiger partial charge in [0, 0.05) is 37.6 Å². The number of amidine groups is 2. The van der Waals surface area contributed by atoms with E-state index in [1.165, 1.54) is 202 Å². The topological polar surface area (TPSA) is 98.2 Å². The quantitative estimate of drug-likeness (QED) is 0.0235. The first-order valence-corrected chi connectivity index (χ1v) is 42.3. The number of hydrogen-bond donors (Lipinski definition) is 2. The van der Waals surface area contributed by atoms with E-state index in [0.29, 0.717) is 47.3 Å². The molecule has 0 atom stereocenters. The number of nitrogens with one attached hydrogen (secondary N) is 2. The second-order valence-electron chi connectivity index (χ2n) is 31.4. The van der Waals surface area contributed by atoms with E-state index in [9.17, 15) is 0 Å². The lowest BCUT2D eigenvalue weighted by molar-refractivity contribution is 0.487. The molecule has 10 heteroatoms. The first-order valence-electron chi connectivity index (χ1n) is 39.3. The molecule has 528 valence electrons. The average molecular weight is 1340 g/mol. The van der Waals surface area contributed by atoms with E-state index in [1.807, 2.05) is 0 Å². The molecule has 0 aliphatic heterocycles. The third-order valence-corrected chi connectivity index (χ3v) is 27.8. The molecule has 4 aliphatic carbocycles. The molecule has 4 aromatic rings. The Balaban J connectivity index is 0.000000316. The van der Waals surface area contributed by atoms with Crippen LogP contribution in [0.1, 0.15) is 370 Å². The highest BCUT2D eigenvalue weighted by molar-refractivity contribution is 7.77. The smallest absolute Gasteiger partial charge is 0.124 e. The summed E-state index contributed by atoms with van der Waals surface area (Å²) in [6, 6.07) is 32.9. The Hall–Kier alpha value is -4.56. The number of hydrogen-bond acceptors (Lipinski definition) is 6. The van der Waals surface area contributed by atoms with E-state index in [4.69, 9.17) is 9.98 Å². The lowest BCUT2D eigenvalue weighted by Crippen LogP contribution is -2.29. The minimum atomic E-state index is -0.333. The Morgan fingerprint density at radius 2 is 0.552 bits per heavy atom. The highest BCUT2D eigenvalue weighted by Crippen LogP contribution is 2.59. The maximum Gasteiger partial charge on any atom is 0.124 e. The molecule has 8 nitrogen and oxygen atoms in total. The Bertz CT molecular complexity index is 2780.